The highest BCUT2D eigenvalue weighted by Crippen LogP contribution is 2.53. The summed E-state index contributed by atoms with van der Waals surface area (Å²) < 4.78 is 68.5. The lowest BCUT2D eigenvalue weighted by molar-refractivity contribution is -0.0749. The molecule has 0 spiro atoms. The number of methoxy groups -OCH3 is 3. The minimum atomic E-state index is -4.26. The van der Waals surface area contributed by atoms with Crippen LogP contribution in [-0.4, -0.2) is 93.1 Å². The summed E-state index contributed by atoms with van der Waals surface area (Å²) in [4.78, 5) is 12.8. The van der Waals surface area contributed by atoms with Crippen LogP contribution in [0.5, 0.6) is 11.5 Å². The van der Waals surface area contributed by atoms with Gasteiger partial charge < -0.3 is 33.7 Å². The molecule has 1 amide bonds. The maximum atomic E-state index is 14.5. The molecule has 7 rings (SSSR count). The van der Waals surface area contributed by atoms with Crippen molar-refractivity contribution >= 4 is 21.8 Å². The quantitative estimate of drug-likeness (QED) is 0.0257. The number of carbonyl (C=O) groups excluding carboxylic acids is 1. The van der Waals surface area contributed by atoms with Crippen molar-refractivity contribution in [3.8, 4) is 28.7 Å². The zero-order chi connectivity index (χ0) is 47.1. The Morgan fingerprint density at radius 2 is 1.39 bits per heavy atom. The second-order valence-corrected chi connectivity index (χ2v) is 18.4. The van der Waals surface area contributed by atoms with Crippen molar-refractivity contribution in [2.75, 3.05) is 60.9 Å². The molecule has 352 valence electrons. The predicted molar refractivity (Wildman–Crippen MR) is 257 cm³/mol. The maximum Gasteiger partial charge on any atom is 0.475 e. The molecule has 1 fully saturated rings. The van der Waals surface area contributed by atoms with Crippen LogP contribution in [0.3, 0.4) is 0 Å². The Morgan fingerprint density at radius 1 is 0.791 bits per heavy atom. The Bertz CT molecular complexity index is 2340. The van der Waals surface area contributed by atoms with Crippen LogP contribution in [0.4, 0.5) is 4.79 Å². The predicted octanol–water partition coefficient (Wildman–Crippen LogP) is 9.17. The van der Waals surface area contributed by atoms with Crippen molar-refractivity contribution in [2.45, 2.75) is 61.8 Å². The van der Waals surface area contributed by atoms with Crippen molar-refractivity contribution < 1.29 is 51.4 Å². The Hall–Kier alpha value is -5.49. The van der Waals surface area contributed by atoms with E-state index in [-0.39, 0.29) is 50.7 Å². The van der Waals surface area contributed by atoms with Gasteiger partial charge in [0, 0.05) is 31.5 Å². The number of fused-ring (bicyclic) bond motifs is 3. The molecule has 2 unspecified atom stereocenters. The minimum absolute atomic E-state index is 0.00777. The second kappa shape index (κ2) is 24.0. The summed E-state index contributed by atoms with van der Waals surface area (Å²) in [6.45, 7) is 0.885. The van der Waals surface area contributed by atoms with Gasteiger partial charge >= 0.3 is 13.9 Å². The normalized spacial score (nSPS) is 18.0. The smallest absolute Gasteiger partial charge is 0.475 e. The lowest BCUT2D eigenvalue weighted by Crippen LogP contribution is -2.38. The van der Waals surface area contributed by atoms with E-state index in [1.54, 1.807) is 21.3 Å². The van der Waals surface area contributed by atoms with E-state index in [0.717, 1.165) is 34.2 Å². The fourth-order valence-electron chi connectivity index (χ4n) is 8.97. The molecule has 1 aliphatic heterocycles. The number of amides is 1. The van der Waals surface area contributed by atoms with Crippen molar-refractivity contribution in [3.05, 3.63) is 155 Å². The number of benzene rings is 5. The van der Waals surface area contributed by atoms with Crippen molar-refractivity contribution in [1.82, 2.24) is 5.32 Å². The van der Waals surface area contributed by atoms with Crippen LogP contribution in [-0.2, 0) is 42.7 Å². The molecule has 0 aromatic heterocycles. The van der Waals surface area contributed by atoms with Crippen molar-refractivity contribution in [2.24, 2.45) is 5.92 Å². The number of alkyl carbamates (subject to hydrolysis) is 1. The van der Waals surface area contributed by atoms with E-state index in [0.29, 0.717) is 43.9 Å². The summed E-state index contributed by atoms with van der Waals surface area (Å²) in [5.74, 6) is 1.21. The molecule has 0 radical (unpaired) electrons. The van der Waals surface area contributed by atoms with Crippen LogP contribution < -0.4 is 14.8 Å². The van der Waals surface area contributed by atoms with Crippen molar-refractivity contribution in [1.29, 1.82) is 5.26 Å². The fourth-order valence-corrected chi connectivity index (χ4v) is 10.4. The number of hydrogen-bond acceptors (Lipinski definition) is 12. The lowest BCUT2D eigenvalue weighted by atomic mass is 9.80. The number of nitriles is 1. The highest BCUT2D eigenvalue weighted by molar-refractivity contribution is 7.48. The first-order valence-electron chi connectivity index (χ1n) is 22.9. The zero-order valence-electron chi connectivity index (χ0n) is 38.7. The van der Waals surface area contributed by atoms with E-state index in [1.807, 2.05) is 117 Å². The SMILES string of the molecule is B[C@H]1C[C@@H](OP(=O)(OCCC#N)OCC(CCCCNC(=O)OCC2c3ccccc3-c3ccccc32)COC)[C@@H](COC(c2ccccc2)(c2ccc(OC)cc2)c2ccc(OC)cc2)O1. The zero-order valence-corrected chi connectivity index (χ0v) is 39.6. The third-order valence-corrected chi connectivity index (χ3v) is 13.8. The molecule has 13 nitrogen and oxygen atoms in total. The number of nitrogens with zero attached hydrogens (tertiary/aromatic N) is 1. The number of nitrogens with one attached hydrogen (secondary N) is 1. The Kier molecular flexibility index (Phi) is 17.7. The van der Waals surface area contributed by atoms with Crippen LogP contribution in [0.2, 0.25) is 0 Å². The van der Waals surface area contributed by atoms with Gasteiger partial charge in [0.1, 0.15) is 37.7 Å². The van der Waals surface area contributed by atoms with Crippen molar-refractivity contribution in [3.63, 3.8) is 0 Å². The van der Waals surface area contributed by atoms with E-state index < -0.39 is 31.7 Å². The fraction of sp³-hybridized carbons (Fsp3) is 0.385. The Labute approximate surface area is 395 Å². The largest absolute Gasteiger partial charge is 0.497 e. The summed E-state index contributed by atoms with van der Waals surface area (Å²) in [5, 5.41) is 12.2. The first-order chi connectivity index (χ1) is 32.7. The minimum Gasteiger partial charge on any atom is -0.497 e. The van der Waals surface area contributed by atoms with Crippen LogP contribution in [0.15, 0.2) is 127 Å². The number of ether oxygens (including phenoxy) is 6. The lowest BCUT2D eigenvalue weighted by Gasteiger charge is -2.37. The summed E-state index contributed by atoms with van der Waals surface area (Å²) in [6.07, 6.45) is 0.544. The third-order valence-electron chi connectivity index (χ3n) is 12.3. The molecule has 5 aromatic rings. The van der Waals surface area contributed by atoms with Gasteiger partial charge in [-0.3, -0.25) is 13.6 Å². The van der Waals surface area contributed by atoms with Gasteiger partial charge in [-0.05, 0) is 82.5 Å². The van der Waals surface area contributed by atoms with Gasteiger partial charge in [0.05, 0.1) is 59.2 Å². The molecule has 67 heavy (non-hydrogen) atoms. The standard InChI is InChI=1S/C52H60BN2O11P/c1-58-33-37(14-11-12-30-55-51(56)61-35-47-45-19-9-7-17-43(45)44-18-8-10-20-46(44)47)34-64-67(57,63-31-13-29-54)66-48-32-50(53)65-49(48)36-62-52(38-15-5-4-6-16-38,39-21-25-41(59-2)26-22-39)40-23-27-42(60-3)28-24-40/h4-10,15-28,37,47-50H,11-14,30-36,53H2,1-3H3,(H,55,56)/t37?,48-,49-,50-,67?/m1/s1. The van der Waals surface area contributed by atoms with E-state index >= 15 is 0 Å². The average Bonchev–Trinajstić information content (AvgIpc) is 3.88. The van der Waals surface area contributed by atoms with Gasteiger partial charge in [0.25, 0.3) is 0 Å². The second-order valence-electron chi connectivity index (χ2n) is 16.7. The third kappa shape index (κ3) is 12.4. The first-order valence-corrected chi connectivity index (χ1v) is 24.3. The Balaban J connectivity index is 0.975. The van der Waals surface area contributed by atoms with Crippen LogP contribution >= 0.6 is 7.82 Å². The number of phosphoric ester groups is 1. The molecule has 1 saturated heterocycles. The molecule has 15 heteroatoms. The van der Waals surface area contributed by atoms with Gasteiger partial charge in [-0.1, -0.05) is 110 Å². The maximum absolute atomic E-state index is 14.5. The van der Waals surface area contributed by atoms with Crippen LogP contribution in [0.1, 0.15) is 65.8 Å². The van der Waals surface area contributed by atoms with Gasteiger partial charge in [0.2, 0.25) is 0 Å². The summed E-state index contributed by atoms with van der Waals surface area (Å²) >= 11 is 0. The number of unbranched alkanes of at least 4 members (excludes halogenated alkanes) is 1. The number of carbonyl (C=O) groups is 1. The van der Waals surface area contributed by atoms with E-state index in [2.05, 4.69) is 29.6 Å². The molecule has 0 saturated carbocycles. The van der Waals surface area contributed by atoms with Crippen LogP contribution in [0, 0.1) is 17.2 Å². The highest BCUT2D eigenvalue weighted by atomic mass is 31.2. The summed E-state index contributed by atoms with van der Waals surface area (Å²) in [7, 11) is 2.52. The number of rotatable bonds is 25. The molecule has 2 aliphatic rings. The molecule has 1 heterocycles. The van der Waals surface area contributed by atoms with E-state index in [4.69, 9.17) is 42.0 Å². The molecule has 1 N–H and O–H groups in total. The molecule has 0 bridgehead atoms. The number of hydrogen-bond donors (Lipinski definition) is 1. The van der Waals surface area contributed by atoms with Gasteiger partial charge in [-0.2, -0.15) is 5.26 Å². The van der Waals surface area contributed by atoms with E-state index in [9.17, 15) is 14.6 Å². The van der Waals surface area contributed by atoms with Gasteiger partial charge in [-0.15, -0.1) is 0 Å². The molecular formula is C52H60BN2O11P. The first kappa shape index (κ1) is 49.4. The van der Waals surface area contributed by atoms with Gasteiger partial charge in [-0.25, -0.2) is 9.36 Å². The molecule has 1 aliphatic carbocycles. The molecule has 5 atom stereocenters. The monoisotopic (exact) mass is 930 g/mol. The Morgan fingerprint density at radius 3 is 1.99 bits per heavy atom. The number of phosphoric acid groups is 1. The van der Waals surface area contributed by atoms with Crippen LogP contribution in [0.25, 0.3) is 11.1 Å². The molecular weight excluding hydrogens is 870 g/mol. The summed E-state index contributed by atoms with van der Waals surface area (Å²) in [5.41, 5.74) is 6.11. The summed E-state index contributed by atoms with van der Waals surface area (Å²) in [6, 6.07) is 43.6. The highest BCUT2D eigenvalue weighted by Gasteiger charge is 2.44. The molecule has 5 aromatic carbocycles. The topological polar surface area (TPSA) is 153 Å². The van der Waals surface area contributed by atoms with Gasteiger partial charge in [0.15, 0.2) is 0 Å². The average molecular weight is 931 g/mol. The van der Waals surface area contributed by atoms with E-state index in [1.165, 1.54) is 11.1 Å².